The summed E-state index contributed by atoms with van der Waals surface area (Å²) in [4.78, 5) is 0. The average molecular weight is 261 g/mol. The van der Waals surface area contributed by atoms with Crippen molar-refractivity contribution < 1.29 is 14.2 Å². The monoisotopic (exact) mass is 260 g/mol. The van der Waals surface area contributed by atoms with Gasteiger partial charge in [-0.15, -0.1) is 0 Å². The number of aliphatic hydroxyl groups is 1. The Hall–Kier alpha value is -0.640. The van der Waals surface area contributed by atoms with E-state index in [2.05, 4.69) is 0 Å². The molecule has 2 atom stereocenters. The van der Waals surface area contributed by atoms with E-state index in [0.717, 1.165) is 12.0 Å². The Bertz CT molecular complexity index is 357. The molecule has 0 saturated carbocycles. The number of rotatable bonds is 6. The maximum absolute atomic E-state index is 12.8. The average Bonchev–Trinajstić information content (AvgIpc) is 2.29. The van der Waals surface area contributed by atoms with E-state index in [1.807, 2.05) is 6.92 Å². The third-order valence-electron chi connectivity index (χ3n) is 2.78. The van der Waals surface area contributed by atoms with Gasteiger partial charge in [0.2, 0.25) is 0 Å². The fourth-order valence-electron chi connectivity index (χ4n) is 1.59. The van der Waals surface area contributed by atoms with Crippen LogP contribution in [0.25, 0.3) is 0 Å². The number of halogens is 2. The number of hydrogen-bond donors (Lipinski definition) is 1. The minimum atomic E-state index is -0.476. The molecule has 0 aliphatic carbocycles. The first-order valence-corrected chi connectivity index (χ1v) is 6.05. The highest BCUT2D eigenvalue weighted by molar-refractivity contribution is 6.31. The highest BCUT2D eigenvalue weighted by Gasteiger charge is 2.11. The van der Waals surface area contributed by atoms with Crippen molar-refractivity contribution in [3.05, 3.63) is 34.6 Å². The van der Waals surface area contributed by atoms with Crippen molar-refractivity contribution >= 4 is 11.6 Å². The quantitative estimate of drug-likeness (QED) is 0.851. The third-order valence-corrected chi connectivity index (χ3v) is 3.13. The van der Waals surface area contributed by atoms with Gasteiger partial charge in [-0.1, -0.05) is 17.7 Å². The van der Waals surface area contributed by atoms with Gasteiger partial charge >= 0.3 is 0 Å². The summed E-state index contributed by atoms with van der Waals surface area (Å²) in [6.45, 7) is 1.96. The van der Waals surface area contributed by atoms with Crippen LogP contribution in [0.15, 0.2) is 18.2 Å². The van der Waals surface area contributed by atoms with Crippen molar-refractivity contribution in [3.8, 4) is 0 Å². The molecule has 1 rings (SSSR count). The lowest BCUT2D eigenvalue weighted by Crippen LogP contribution is -2.15. The molecule has 0 radical (unpaired) electrons. The van der Waals surface area contributed by atoms with Gasteiger partial charge in [-0.3, -0.25) is 0 Å². The van der Waals surface area contributed by atoms with Gasteiger partial charge in [-0.05, 0) is 43.9 Å². The van der Waals surface area contributed by atoms with Gasteiger partial charge in [0.1, 0.15) is 5.82 Å². The predicted octanol–water partition coefficient (Wildman–Crippen LogP) is 3.20. The molecule has 0 fully saturated rings. The Morgan fingerprint density at radius 3 is 2.71 bits per heavy atom. The van der Waals surface area contributed by atoms with E-state index in [1.165, 1.54) is 12.1 Å². The largest absolute Gasteiger partial charge is 0.393 e. The number of benzene rings is 1. The molecule has 0 aromatic heterocycles. The Labute approximate surface area is 106 Å². The molecular weight excluding hydrogens is 243 g/mol. The number of methoxy groups -OCH3 is 1. The maximum atomic E-state index is 12.8. The SMILES string of the molecule is COC(C)CCC(O)Cc1ccc(F)cc1Cl. The van der Waals surface area contributed by atoms with Crippen LogP contribution in [0.4, 0.5) is 4.39 Å². The van der Waals surface area contributed by atoms with E-state index in [-0.39, 0.29) is 11.9 Å². The molecule has 2 nitrogen and oxygen atoms in total. The zero-order chi connectivity index (χ0) is 12.8. The topological polar surface area (TPSA) is 29.5 Å². The van der Waals surface area contributed by atoms with Crippen molar-refractivity contribution in [2.75, 3.05) is 7.11 Å². The van der Waals surface area contributed by atoms with Crippen LogP contribution in [-0.2, 0) is 11.2 Å². The molecule has 0 amide bonds. The first kappa shape index (κ1) is 14.4. The fraction of sp³-hybridized carbons (Fsp3) is 0.538. The molecule has 4 heteroatoms. The lowest BCUT2D eigenvalue weighted by Gasteiger charge is -2.14. The van der Waals surface area contributed by atoms with Crippen molar-refractivity contribution in [2.24, 2.45) is 0 Å². The minimum Gasteiger partial charge on any atom is -0.393 e. The maximum Gasteiger partial charge on any atom is 0.124 e. The Balaban J connectivity index is 2.47. The van der Waals surface area contributed by atoms with E-state index in [0.29, 0.717) is 17.9 Å². The summed E-state index contributed by atoms with van der Waals surface area (Å²) >= 11 is 5.89. The van der Waals surface area contributed by atoms with Gasteiger partial charge in [0.15, 0.2) is 0 Å². The molecule has 0 heterocycles. The molecule has 1 aromatic rings. The van der Waals surface area contributed by atoms with Crippen LogP contribution >= 0.6 is 11.6 Å². The lowest BCUT2D eigenvalue weighted by atomic mass is 10.0. The summed E-state index contributed by atoms with van der Waals surface area (Å²) in [7, 11) is 1.65. The zero-order valence-corrected chi connectivity index (χ0v) is 10.9. The minimum absolute atomic E-state index is 0.133. The van der Waals surface area contributed by atoms with E-state index in [9.17, 15) is 9.50 Å². The molecule has 0 saturated heterocycles. The second-order valence-electron chi connectivity index (χ2n) is 4.22. The summed E-state index contributed by atoms with van der Waals surface area (Å²) in [6, 6.07) is 4.23. The van der Waals surface area contributed by atoms with Crippen LogP contribution in [0.1, 0.15) is 25.3 Å². The van der Waals surface area contributed by atoms with Gasteiger partial charge in [0, 0.05) is 12.1 Å². The summed E-state index contributed by atoms with van der Waals surface area (Å²) in [6.07, 6.45) is 1.53. The summed E-state index contributed by atoms with van der Waals surface area (Å²) in [5.74, 6) is -0.360. The van der Waals surface area contributed by atoms with Gasteiger partial charge in [-0.25, -0.2) is 4.39 Å². The molecule has 2 unspecified atom stereocenters. The first-order chi connectivity index (χ1) is 8.02. The summed E-state index contributed by atoms with van der Waals surface area (Å²) in [5.41, 5.74) is 0.769. The lowest BCUT2D eigenvalue weighted by molar-refractivity contribution is 0.0851. The van der Waals surface area contributed by atoms with Crippen molar-refractivity contribution in [2.45, 2.75) is 38.4 Å². The molecule has 0 aliphatic heterocycles. The molecule has 96 valence electrons. The Kier molecular flexibility index (Phi) is 5.89. The van der Waals surface area contributed by atoms with Crippen LogP contribution in [0.2, 0.25) is 5.02 Å². The van der Waals surface area contributed by atoms with Crippen LogP contribution in [0, 0.1) is 5.82 Å². The number of ether oxygens (including phenoxy) is 1. The molecule has 0 aliphatic rings. The molecular formula is C13H18ClFO2. The summed E-state index contributed by atoms with van der Waals surface area (Å²) in [5, 5.41) is 10.2. The standard InChI is InChI=1S/C13H18ClFO2/c1-9(17-2)3-6-12(16)7-10-4-5-11(15)8-13(10)14/h4-5,8-9,12,16H,3,6-7H2,1-2H3. The van der Waals surface area contributed by atoms with Crippen LogP contribution in [-0.4, -0.2) is 24.4 Å². The van der Waals surface area contributed by atoms with E-state index in [1.54, 1.807) is 13.2 Å². The third kappa shape index (κ3) is 5.02. The van der Waals surface area contributed by atoms with Gasteiger partial charge in [0.25, 0.3) is 0 Å². The van der Waals surface area contributed by atoms with Crippen molar-refractivity contribution in [3.63, 3.8) is 0 Å². The van der Waals surface area contributed by atoms with Crippen molar-refractivity contribution in [1.82, 2.24) is 0 Å². The van der Waals surface area contributed by atoms with Crippen LogP contribution in [0.3, 0.4) is 0 Å². The van der Waals surface area contributed by atoms with Crippen LogP contribution < -0.4 is 0 Å². The first-order valence-electron chi connectivity index (χ1n) is 5.67. The fourth-order valence-corrected chi connectivity index (χ4v) is 1.83. The normalized spacial score (nSPS) is 14.6. The van der Waals surface area contributed by atoms with Crippen molar-refractivity contribution in [1.29, 1.82) is 0 Å². The molecule has 1 aromatic carbocycles. The molecule has 0 spiro atoms. The molecule has 1 N–H and O–H groups in total. The van der Waals surface area contributed by atoms with Gasteiger partial charge in [0.05, 0.1) is 12.2 Å². The Morgan fingerprint density at radius 1 is 1.41 bits per heavy atom. The Morgan fingerprint density at radius 2 is 2.12 bits per heavy atom. The molecule has 0 bridgehead atoms. The number of aliphatic hydroxyl groups excluding tert-OH is 1. The van der Waals surface area contributed by atoms with E-state index < -0.39 is 6.10 Å². The second kappa shape index (κ2) is 6.94. The van der Waals surface area contributed by atoms with Gasteiger partial charge in [-0.2, -0.15) is 0 Å². The predicted molar refractivity (Wildman–Crippen MR) is 66.8 cm³/mol. The second-order valence-corrected chi connectivity index (χ2v) is 4.62. The number of hydrogen-bond acceptors (Lipinski definition) is 2. The van der Waals surface area contributed by atoms with E-state index in [4.69, 9.17) is 16.3 Å². The van der Waals surface area contributed by atoms with E-state index >= 15 is 0 Å². The summed E-state index contributed by atoms with van der Waals surface area (Å²) < 4.78 is 17.9. The smallest absolute Gasteiger partial charge is 0.124 e. The highest BCUT2D eigenvalue weighted by Crippen LogP contribution is 2.20. The highest BCUT2D eigenvalue weighted by atomic mass is 35.5. The molecule has 17 heavy (non-hydrogen) atoms. The zero-order valence-electron chi connectivity index (χ0n) is 10.1. The van der Waals surface area contributed by atoms with Crippen LogP contribution in [0.5, 0.6) is 0 Å². The van der Waals surface area contributed by atoms with Gasteiger partial charge < -0.3 is 9.84 Å².